The average molecular weight is 150 g/mol. The summed E-state index contributed by atoms with van der Waals surface area (Å²) < 4.78 is 0. The summed E-state index contributed by atoms with van der Waals surface area (Å²) in [6.45, 7) is -0.227. The van der Waals surface area contributed by atoms with Crippen LogP contribution in [0, 0.1) is 5.41 Å². The minimum Gasteiger partial charge on any atom is -0.480 e. The van der Waals surface area contributed by atoms with Gasteiger partial charge in [0.05, 0.1) is 0 Å². The highest BCUT2D eigenvalue weighted by atomic mass is 16.4. The number of nitrogens with zero attached hydrogens (tertiary/aromatic N) is 1. The van der Waals surface area contributed by atoms with Gasteiger partial charge >= 0.3 is 5.97 Å². The fourth-order valence-electron chi connectivity index (χ4n) is 0.288. The van der Waals surface area contributed by atoms with Crippen LogP contribution in [0.4, 0.5) is 0 Å². The molecule has 0 aromatic rings. The number of nitrogens with two attached hydrogens (primary N) is 1. The van der Waals surface area contributed by atoms with Crippen LogP contribution in [0.25, 0.3) is 0 Å². The lowest BCUT2D eigenvalue weighted by molar-refractivity contribution is -0.137. The summed E-state index contributed by atoms with van der Waals surface area (Å²) in [5.74, 6) is -1.23. The number of nitrogens with one attached hydrogen (secondary N) is 1. The smallest absolute Gasteiger partial charge is 0.323 e. The molecule has 0 aliphatic carbocycles. The molecule has 0 aromatic carbocycles. The van der Waals surface area contributed by atoms with Crippen LogP contribution in [0.2, 0.25) is 0 Å². The zero-order valence-corrected chi connectivity index (χ0v) is 5.59. The molecule has 6 nitrogen and oxygen atoms in total. The van der Waals surface area contributed by atoms with E-state index in [9.17, 15) is 4.79 Å². The van der Waals surface area contributed by atoms with Gasteiger partial charge in [0.25, 0.3) is 0 Å². The van der Waals surface area contributed by atoms with Crippen molar-refractivity contribution in [3.05, 3.63) is 0 Å². The van der Waals surface area contributed by atoms with Crippen LogP contribution in [0.5, 0.6) is 0 Å². The highest BCUT2D eigenvalue weighted by Gasteiger charge is 2.03. The summed E-state index contributed by atoms with van der Waals surface area (Å²) in [4.78, 5) is 11.0. The second kappa shape index (κ2) is 4.57. The van der Waals surface area contributed by atoms with Crippen LogP contribution < -0.4 is 5.73 Å². The molecular formula is C4H11N3O3. The number of likely N-dealkylation sites (N-methyl/N-ethyl adjacent to an activating group) is 1. The van der Waals surface area contributed by atoms with Crippen molar-refractivity contribution >= 4 is 11.9 Å². The molecule has 0 aliphatic rings. The molecule has 6 N–H and O–H groups in total. The van der Waals surface area contributed by atoms with E-state index < -0.39 is 5.97 Å². The third-order valence-corrected chi connectivity index (χ3v) is 0.784. The van der Waals surface area contributed by atoms with Crippen molar-refractivity contribution in [2.45, 2.75) is 0 Å². The fourth-order valence-corrected chi connectivity index (χ4v) is 0.288. The number of carboxylic acid groups (broad SMARTS) is 1. The first-order chi connectivity index (χ1) is 4.04. The highest BCUT2D eigenvalue weighted by Crippen LogP contribution is 1.76. The summed E-state index contributed by atoms with van der Waals surface area (Å²) in [7, 11) is 1.44. The van der Waals surface area contributed by atoms with Crippen LogP contribution in [0.15, 0.2) is 0 Å². The standard InChI is InChI=1S/C4H9N3O2.H2O/c1-7(4(5)6)2-3(8)9;/h2H2,1H3,(H3,5,6)(H,8,9);1H2/i1+1;. The average Bonchev–Trinajstić information content (AvgIpc) is 1.63. The Bertz CT molecular complexity index is 136. The van der Waals surface area contributed by atoms with Crippen molar-refractivity contribution in [3.63, 3.8) is 0 Å². The predicted molar refractivity (Wildman–Crippen MR) is 35.8 cm³/mol. The van der Waals surface area contributed by atoms with Gasteiger partial charge in [-0.25, -0.2) is 0 Å². The number of carbonyl (C=O) groups is 1. The molecule has 10 heavy (non-hydrogen) atoms. The SMILES string of the molecule is O.[13CH3]N(CC(=O)O)C(=N)N. The first kappa shape index (κ1) is 11.5. The molecule has 0 fully saturated rings. The van der Waals surface area contributed by atoms with Gasteiger partial charge in [-0.1, -0.05) is 0 Å². The molecule has 0 unspecified atom stereocenters. The summed E-state index contributed by atoms with van der Waals surface area (Å²) in [6, 6.07) is 0. The molecule has 0 aliphatic heterocycles. The molecule has 0 saturated heterocycles. The van der Waals surface area contributed by atoms with Gasteiger partial charge in [-0.15, -0.1) is 0 Å². The second-order valence-corrected chi connectivity index (χ2v) is 1.64. The molecule has 6 heteroatoms. The number of rotatable bonds is 2. The Morgan fingerprint density at radius 1 is 1.80 bits per heavy atom. The highest BCUT2D eigenvalue weighted by molar-refractivity contribution is 5.79. The largest absolute Gasteiger partial charge is 0.480 e. The molecule has 0 aromatic heterocycles. The Labute approximate surface area is 58.1 Å². The lowest BCUT2D eigenvalue weighted by atomic mass is 10.6. The molecule has 0 heterocycles. The lowest BCUT2D eigenvalue weighted by Gasteiger charge is -2.12. The van der Waals surface area contributed by atoms with Crippen LogP contribution >= 0.6 is 0 Å². The van der Waals surface area contributed by atoms with E-state index >= 15 is 0 Å². The number of hydrogen-bond donors (Lipinski definition) is 3. The van der Waals surface area contributed by atoms with Crippen LogP contribution in [0.1, 0.15) is 0 Å². The summed E-state index contributed by atoms with van der Waals surface area (Å²) in [5, 5.41) is 14.9. The normalized spacial score (nSPS) is 7.70. The van der Waals surface area contributed by atoms with E-state index in [1.165, 1.54) is 7.05 Å². The fraction of sp³-hybridized carbons (Fsp3) is 0.500. The minimum absolute atomic E-state index is 0. The van der Waals surface area contributed by atoms with E-state index in [0.29, 0.717) is 0 Å². The maximum atomic E-state index is 9.92. The van der Waals surface area contributed by atoms with Crippen LogP contribution in [-0.2, 0) is 4.79 Å². The first-order valence-corrected chi connectivity index (χ1v) is 2.31. The van der Waals surface area contributed by atoms with Gasteiger partial charge in [0.1, 0.15) is 6.54 Å². The Morgan fingerprint density at radius 2 is 2.20 bits per heavy atom. The van der Waals surface area contributed by atoms with E-state index in [1.807, 2.05) is 0 Å². The molecule has 60 valence electrons. The van der Waals surface area contributed by atoms with Crippen LogP contribution in [0.3, 0.4) is 0 Å². The van der Waals surface area contributed by atoms with E-state index in [1.54, 1.807) is 0 Å². The van der Waals surface area contributed by atoms with Gasteiger partial charge in [-0.05, 0) is 0 Å². The number of guanidine groups is 1. The zero-order chi connectivity index (χ0) is 7.44. The quantitative estimate of drug-likeness (QED) is 0.241. The van der Waals surface area contributed by atoms with E-state index in [-0.39, 0.29) is 18.0 Å². The van der Waals surface area contributed by atoms with Crippen molar-refractivity contribution in [2.24, 2.45) is 5.73 Å². The van der Waals surface area contributed by atoms with Crippen molar-refractivity contribution in [3.8, 4) is 0 Å². The molecule has 0 rings (SSSR count). The summed E-state index contributed by atoms with van der Waals surface area (Å²) >= 11 is 0. The van der Waals surface area contributed by atoms with Gasteiger partial charge in [-0.2, -0.15) is 0 Å². The van der Waals surface area contributed by atoms with E-state index in [4.69, 9.17) is 16.2 Å². The third-order valence-electron chi connectivity index (χ3n) is 0.784. The van der Waals surface area contributed by atoms with Gasteiger partial charge in [-0.3, -0.25) is 10.2 Å². The molecule has 0 spiro atoms. The van der Waals surface area contributed by atoms with Gasteiger partial charge in [0.2, 0.25) is 0 Å². The maximum Gasteiger partial charge on any atom is 0.323 e. The van der Waals surface area contributed by atoms with Gasteiger partial charge in [0, 0.05) is 7.05 Å². The Hall–Kier alpha value is -1.30. The lowest BCUT2D eigenvalue weighted by Crippen LogP contribution is -2.36. The second-order valence-electron chi connectivity index (χ2n) is 1.64. The van der Waals surface area contributed by atoms with Gasteiger partial charge < -0.3 is 21.2 Å². The van der Waals surface area contributed by atoms with Crippen molar-refractivity contribution in [1.29, 1.82) is 5.41 Å². The minimum atomic E-state index is -0.993. The topological polar surface area (TPSA) is 122 Å². The van der Waals surface area contributed by atoms with Crippen molar-refractivity contribution < 1.29 is 15.4 Å². The Kier molecular flexibility index (Phi) is 5.25. The number of hydrogen-bond acceptors (Lipinski definition) is 2. The summed E-state index contributed by atoms with van der Waals surface area (Å²) in [5.41, 5.74) is 4.93. The molecule has 0 radical (unpaired) electrons. The third kappa shape index (κ3) is 4.85. The molecule has 0 saturated carbocycles. The summed E-state index contributed by atoms with van der Waals surface area (Å²) in [6.07, 6.45) is 0. The molecule has 0 bridgehead atoms. The van der Waals surface area contributed by atoms with Crippen LogP contribution in [-0.4, -0.2) is 41.0 Å². The van der Waals surface area contributed by atoms with E-state index in [2.05, 4.69) is 0 Å². The molecule has 0 atom stereocenters. The van der Waals surface area contributed by atoms with Gasteiger partial charge in [0.15, 0.2) is 5.96 Å². The number of carboxylic acids is 1. The van der Waals surface area contributed by atoms with Crippen molar-refractivity contribution in [1.82, 2.24) is 4.90 Å². The zero-order valence-electron chi connectivity index (χ0n) is 5.59. The predicted octanol–water partition coefficient (Wildman–Crippen LogP) is -1.93. The number of aliphatic carboxylic acids is 1. The molecular weight excluding hydrogens is 139 g/mol. The molecule has 0 amide bonds. The maximum absolute atomic E-state index is 9.92. The Morgan fingerprint density at radius 3 is 2.30 bits per heavy atom. The van der Waals surface area contributed by atoms with Crippen molar-refractivity contribution in [2.75, 3.05) is 13.6 Å². The Balaban J connectivity index is 0. The monoisotopic (exact) mass is 150 g/mol. The first-order valence-electron chi connectivity index (χ1n) is 2.31. The van der Waals surface area contributed by atoms with E-state index in [0.717, 1.165) is 4.90 Å².